The number of aromatic nitrogens is 2. The molecule has 1 aliphatic rings. The molecule has 0 aliphatic carbocycles. The van der Waals surface area contributed by atoms with Gasteiger partial charge in [0.2, 0.25) is 15.8 Å². The largest absolute Gasteiger partial charge is 0.334 e. The summed E-state index contributed by atoms with van der Waals surface area (Å²) in [5.74, 6) is -0.662. The van der Waals surface area contributed by atoms with Crippen LogP contribution in [0.1, 0.15) is 47.5 Å². The predicted molar refractivity (Wildman–Crippen MR) is 119 cm³/mol. The summed E-state index contributed by atoms with van der Waals surface area (Å²) in [6.45, 7) is 3.01. The minimum atomic E-state index is -3.87. The van der Waals surface area contributed by atoms with E-state index in [0.717, 1.165) is 25.7 Å². The van der Waals surface area contributed by atoms with E-state index in [1.807, 2.05) is 0 Å². The molecule has 10 heteroatoms. The average Bonchev–Trinajstić information content (AvgIpc) is 3.14. The number of hydrogen-bond acceptors (Lipinski definition) is 6. The van der Waals surface area contributed by atoms with Crippen molar-refractivity contribution in [2.24, 2.45) is 0 Å². The Bertz CT molecular complexity index is 1230. The number of hydrogen-bond donors (Lipinski definition) is 1. The molecule has 1 saturated heterocycles. The van der Waals surface area contributed by atoms with Crippen molar-refractivity contribution in [1.29, 1.82) is 0 Å². The number of nitrogens with one attached hydrogen (secondary N) is 1. The van der Waals surface area contributed by atoms with Gasteiger partial charge in [0, 0.05) is 25.2 Å². The zero-order chi connectivity index (χ0) is 23.4. The monoisotopic (exact) mass is 472 g/mol. The van der Waals surface area contributed by atoms with Crippen LogP contribution in [0, 0.1) is 12.7 Å². The molecule has 1 amide bonds. The molecule has 1 fully saturated rings. The van der Waals surface area contributed by atoms with E-state index >= 15 is 0 Å². The molecule has 4 rings (SSSR count). The van der Waals surface area contributed by atoms with E-state index < -0.39 is 10.0 Å². The molecule has 3 aromatic rings. The molecule has 0 bridgehead atoms. The van der Waals surface area contributed by atoms with Crippen LogP contribution in [-0.4, -0.2) is 42.5 Å². The maximum Gasteiger partial charge on any atom is 0.316 e. The number of aryl methyl sites for hydroxylation is 1. The Morgan fingerprint density at radius 3 is 2.48 bits per heavy atom. The molecule has 2 aromatic carbocycles. The molecule has 0 unspecified atom stereocenters. The maximum absolute atomic E-state index is 13.1. The van der Waals surface area contributed by atoms with Gasteiger partial charge in [-0.25, -0.2) is 17.5 Å². The van der Waals surface area contributed by atoms with Crippen LogP contribution in [0.2, 0.25) is 0 Å². The first-order chi connectivity index (χ1) is 15.8. The first-order valence-corrected chi connectivity index (χ1v) is 12.3. The van der Waals surface area contributed by atoms with E-state index in [1.54, 1.807) is 24.0 Å². The minimum absolute atomic E-state index is 0.0168. The second-order valence-corrected chi connectivity index (χ2v) is 9.80. The number of rotatable bonds is 6. The molecule has 174 valence electrons. The molecule has 1 aliphatic heterocycles. The highest BCUT2D eigenvalue weighted by Crippen LogP contribution is 2.24. The lowest BCUT2D eigenvalue weighted by atomic mass is 10.1. The normalized spacial score (nSPS) is 14.8. The van der Waals surface area contributed by atoms with Gasteiger partial charge in [0.25, 0.3) is 0 Å². The van der Waals surface area contributed by atoms with E-state index in [0.29, 0.717) is 29.8 Å². The summed E-state index contributed by atoms with van der Waals surface area (Å²) in [4.78, 5) is 18.7. The number of likely N-dealkylation sites (tertiary alicyclic amines) is 1. The summed E-state index contributed by atoms with van der Waals surface area (Å²) in [5, 5.41) is 3.90. The molecule has 0 saturated carbocycles. The summed E-state index contributed by atoms with van der Waals surface area (Å²) >= 11 is 0. The van der Waals surface area contributed by atoms with Crippen molar-refractivity contribution < 1.29 is 22.1 Å². The van der Waals surface area contributed by atoms with Crippen molar-refractivity contribution in [2.45, 2.75) is 44.0 Å². The van der Waals surface area contributed by atoms with Gasteiger partial charge in [-0.3, -0.25) is 4.79 Å². The van der Waals surface area contributed by atoms with E-state index in [9.17, 15) is 17.6 Å². The highest BCUT2D eigenvalue weighted by molar-refractivity contribution is 7.89. The second-order valence-electron chi connectivity index (χ2n) is 8.06. The van der Waals surface area contributed by atoms with Gasteiger partial charge in [-0.05, 0) is 49.1 Å². The Balaban J connectivity index is 1.53. The van der Waals surface area contributed by atoms with Gasteiger partial charge in [-0.2, -0.15) is 4.98 Å². The van der Waals surface area contributed by atoms with Crippen LogP contribution in [0.15, 0.2) is 51.9 Å². The molecular formula is C23H25FN4O4S. The van der Waals surface area contributed by atoms with Crippen molar-refractivity contribution in [1.82, 2.24) is 19.8 Å². The smallest absolute Gasteiger partial charge is 0.316 e. The van der Waals surface area contributed by atoms with Gasteiger partial charge >= 0.3 is 11.8 Å². The molecule has 0 radical (unpaired) electrons. The topological polar surface area (TPSA) is 105 Å². The van der Waals surface area contributed by atoms with E-state index in [-0.39, 0.29) is 34.9 Å². The van der Waals surface area contributed by atoms with E-state index in [4.69, 9.17) is 4.52 Å². The number of nitrogens with zero attached hydrogens (tertiary/aromatic N) is 3. The van der Waals surface area contributed by atoms with Crippen LogP contribution in [-0.2, 0) is 16.6 Å². The quantitative estimate of drug-likeness (QED) is 0.587. The molecule has 2 heterocycles. The van der Waals surface area contributed by atoms with Crippen molar-refractivity contribution in [2.75, 3.05) is 13.1 Å². The Morgan fingerprint density at radius 2 is 1.79 bits per heavy atom. The second kappa shape index (κ2) is 9.80. The number of halogens is 1. The van der Waals surface area contributed by atoms with Gasteiger partial charge in [0.15, 0.2) is 0 Å². The highest BCUT2D eigenvalue weighted by atomic mass is 32.2. The minimum Gasteiger partial charge on any atom is -0.334 e. The number of benzene rings is 2. The van der Waals surface area contributed by atoms with Crippen LogP contribution >= 0.6 is 0 Å². The third kappa shape index (κ3) is 5.45. The first kappa shape index (κ1) is 23.1. The average molecular weight is 473 g/mol. The van der Waals surface area contributed by atoms with Gasteiger partial charge in [0.05, 0.1) is 4.90 Å². The Kier molecular flexibility index (Phi) is 6.85. The third-order valence-electron chi connectivity index (χ3n) is 5.62. The van der Waals surface area contributed by atoms with Crippen molar-refractivity contribution in [3.05, 3.63) is 65.3 Å². The Labute approximate surface area is 191 Å². The summed E-state index contributed by atoms with van der Waals surface area (Å²) in [5.41, 5.74) is 1.58. The zero-order valence-electron chi connectivity index (χ0n) is 18.3. The summed E-state index contributed by atoms with van der Waals surface area (Å²) < 4.78 is 46.6. The molecule has 0 spiro atoms. The SMILES string of the molecule is Cc1ccc(-c2noc(C(=O)N3CCCCCC3)n2)cc1S(=O)(=O)NCc1ccc(F)cc1. The number of amides is 1. The lowest BCUT2D eigenvalue weighted by Gasteiger charge is -2.17. The number of sulfonamides is 1. The van der Waals surface area contributed by atoms with E-state index in [2.05, 4.69) is 14.9 Å². The zero-order valence-corrected chi connectivity index (χ0v) is 19.1. The van der Waals surface area contributed by atoms with Gasteiger partial charge < -0.3 is 9.42 Å². The fourth-order valence-corrected chi connectivity index (χ4v) is 5.01. The number of carbonyl (C=O) groups excluding carboxylic acids is 1. The number of carbonyl (C=O) groups is 1. The van der Waals surface area contributed by atoms with E-state index in [1.165, 1.54) is 30.3 Å². The van der Waals surface area contributed by atoms with Crippen molar-refractivity contribution in [3.8, 4) is 11.4 Å². The lowest BCUT2D eigenvalue weighted by molar-refractivity contribution is 0.0711. The molecule has 1 N–H and O–H groups in total. The van der Waals surface area contributed by atoms with Crippen LogP contribution in [0.4, 0.5) is 4.39 Å². The molecule has 1 aromatic heterocycles. The molecule has 33 heavy (non-hydrogen) atoms. The third-order valence-corrected chi connectivity index (χ3v) is 7.16. The summed E-state index contributed by atoms with van der Waals surface area (Å²) in [6, 6.07) is 10.4. The Hall–Kier alpha value is -3.11. The maximum atomic E-state index is 13.1. The predicted octanol–water partition coefficient (Wildman–Crippen LogP) is 3.68. The fraction of sp³-hybridized carbons (Fsp3) is 0.348. The van der Waals surface area contributed by atoms with Crippen LogP contribution < -0.4 is 4.72 Å². The molecule has 0 atom stereocenters. The summed E-state index contributed by atoms with van der Waals surface area (Å²) in [6.07, 6.45) is 4.07. The van der Waals surface area contributed by atoms with Crippen molar-refractivity contribution >= 4 is 15.9 Å². The highest BCUT2D eigenvalue weighted by Gasteiger charge is 2.24. The molecular weight excluding hydrogens is 447 g/mol. The summed E-state index contributed by atoms with van der Waals surface area (Å²) in [7, 11) is -3.87. The van der Waals surface area contributed by atoms with Crippen molar-refractivity contribution in [3.63, 3.8) is 0 Å². The first-order valence-electron chi connectivity index (χ1n) is 10.8. The van der Waals surface area contributed by atoms with Gasteiger partial charge in [-0.15, -0.1) is 0 Å². The van der Waals surface area contributed by atoms with Gasteiger partial charge in [0.1, 0.15) is 5.82 Å². The van der Waals surface area contributed by atoms with Crippen LogP contribution in [0.5, 0.6) is 0 Å². The lowest BCUT2D eigenvalue weighted by Crippen LogP contribution is -2.32. The fourth-order valence-electron chi connectivity index (χ4n) is 3.72. The van der Waals surface area contributed by atoms with Gasteiger partial charge in [-0.1, -0.05) is 42.3 Å². The molecule has 8 nitrogen and oxygen atoms in total. The van der Waals surface area contributed by atoms with Crippen LogP contribution in [0.25, 0.3) is 11.4 Å². The standard InChI is InChI=1S/C23H25FN4O4S/c1-16-6-9-18(14-20(16)33(30,31)25-15-17-7-10-19(24)11-8-17)21-26-22(32-27-21)23(29)28-12-4-2-3-5-13-28/h6-11,14,25H,2-5,12-13,15H2,1H3. The van der Waals surface area contributed by atoms with Crippen LogP contribution in [0.3, 0.4) is 0 Å². The Morgan fingerprint density at radius 1 is 1.09 bits per heavy atom.